The SMILES string of the molecule is Cc1cccc(Nc2nc(Nc3ccc(Cn4ccnc4)cc3)ncc2C)c1. The fraction of sp³-hybridized carbons (Fsp3) is 0.136. The first kappa shape index (κ1) is 17.7. The molecule has 0 saturated carbocycles. The number of hydrogen-bond acceptors (Lipinski definition) is 5. The number of hydrogen-bond donors (Lipinski definition) is 2. The molecular weight excluding hydrogens is 348 g/mol. The maximum absolute atomic E-state index is 4.63. The van der Waals surface area contributed by atoms with Gasteiger partial charge in [-0.25, -0.2) is 9.97 Å². The second kappa shape index (κ2) is 7.92. The van der Waals surface area contributed by atoms with E-state index in [1.807, 2.05) is 54.5 Å². The minimum Gasteiger partial charge on any atom is -0.340 e. The minimum absolute atomic E-state index is 0.558. The van der Waals surface area contributed by atoms with Crippen LogP contribution in [-0.2, 0) is 6.54 Å². The van der Waals surface area contributed by atoms with Gasteiger partial charge in [0.1, 0.15) is 5.82 Å². The summed E-state index contributed by atoms with van der Waals surface area (Å²) < 4.78 is 2.04. The molecule has 6 nitrogen and oxygen atoms in total. The Labute approximate surface area is 164 Å². The molecule has 2 heterocycles. The highest BCUT2D eigenvalue weighted by Crippen LogP contribution is 2.21. The first-order chi connectivity index (χ1) is 13.7. The summed E-state index contributed by atoms with van der Waals surface area (Å²) in [7, 11) is 0. The van der Waals surface area contributed by atoms with Crippen molar-refractivity contribution in [3.05, 3.63) is 90.1 Å². The second-order valence-electron chi connectivity index (χ2n) is 6.78. The van der Waals surface area contributed by atoms with Gasteiger partial charge >= 0.3 is 0 Å². The summed E-state index contributed by atoms with van der Waals surface area (Å²) in [5.74, 6) is 1.35. The van der Waals surface area contributed by atoms with Gasteiger partial charge < -0.3 is 15.2 Å². The number of nitrogens with zero attached hydrogens (tertiary/aromatic N) is 4. The molecule has 0 radical (unpaired) electrons. The predicted molar refractivity (Wildman–Crippen MR) is 112 cm³/mol. The highest BCUT2D eigenvalue weighted by Gasteiger charge is 2.06. The van der Waals surface area contributed by atoms with E-state index in [1.165, 1.54) is 11.1 Å². The smallest absolute Gasteiger partial charge is 0.229 e. The van der Waals surface area contributed by atoms with E-state index in [1.54, 1.807) is 6.20 Å². The third kappa shape index (κ3) is 4.35. The monoisotopic (exact) mass is 370 g/mol. The van der Waals surface area contributed by atoms with Crippen molar-refractivity contribution >= 4 is 23.1 Å². The summed E-state index contributed by atoms with van der Waals surface area (Å²) in [5.41, 5.74) is 5.35. The quantitative estimate of drug-likeness (QED) is 0.509. The number of imidazole rings is 1. The largest absolute Gasteiger partial charge is 0.340 e. The number of rotatable bonds is 6. The third-order valence-electron chi connectivity index (χ3n) is 4.39. The van der Waals surface area contributed by atoms with E-state index in [9.17, 15) is 0 Å². The van der Waals surface area contributed by atoms with Gasteiger partial charge in [0.15, 0.2) is 0 Å². The lowest BCUT2D eigenvalue weighted by atomic mass is 10.2. The van der Waals surface area contributed by atoms with Crippen molar-refractivity contribution in [1.82, 2.24) is 19.5 Å². The maximum atomic E-state index is 4.63. The average molecular weight is 370 g/mol. The highest BCUT2D eigenvalue weighted by molar-refractivity contribution is 5.62. The van der Waals surface area contributed by atoms with Crippen molar-refractivity contribution in [2.75, 3.05) is 10.6 Å². The van der Waals surface area contributed by atoms with Crippen molar-refractivity contribution in [3.63, 3.8) is 0 Å². The standard InChI is InChI=1S/C22H22N6/c1-16-4-3-5-20(12-16)25-21-17(2)13-24-22(27-21)26-19-8-6-18(7-9-19)14-28-11-10-23-15-28/h3-13,15H,14H2,1-2H3,(H2,24,25,26,27). The number of anilines is 4. The Morgan fingerprint density at radius 1 is 0.964 bits per heavy atom. The molecule has 2 aromatic heterocycles. The third-order valence-corrected chi connectivity index (χ3v) is 4.39. The van der Waals surface area contributed by atoms with Gasteiger partial charge in [-0.2, -0.15) is 4.98 Å². The van der Waals surface area contributed by atoms with Crippen molar-refractivity contribution in [3.8, 4) is 0 Å². The molecule has 0 aliphatic rings. The van der Waals surface area contributed by atoms with Crippen molar-refractivity contribution in [2.24, 2.45) is 0 Å². The lowest BCUT2D eigenvalue weighted by Gasteiger charge is -2.12. The molecule has 0 spiro atoms. The molecule has 140 valence electrons. The molecule has 0 fully saturated rings. The molecule has 0 aliphatic heterocycles. The Morgan fingerprint density at radius 3 is 2.57 bits per heavy atom. The lowest BCUT2D eigenvalue weighted by Crippen LogP contribution is -2.03. The normalized spacial score (nSPS) is 10.6. The Balaban J connectivity index is 1.47. The van der Waals surface area contributed by atoms with Crippen LogP contribution < -0.4 is 10.6 Å². The Bertz CT molecular complexity index is 1050. The number of nitrogens with one attached hydrogen (secondary N) is 2. The van der Waals surface area contributed by atoms with Crippen LogP contribution in [0.2, 0.25) is 0 Å². The Morgan fingerprint density at radius 2 is 1.82 bits per heavy atom. The van der Waals surface area contributed by atoms with Gasteiger partial charge in [-0.3, -0.25) is 0 Å². The van der Waals surface area contributed by atoms with Crippen LogP contribution in [0.15, 0.2) is 73.4 Å². The van der Waals surface area contributed by atoms with Gasteiger partial charge in [0.05, 0.1) is 6.33 Å². The van der Waals surface area contributed by atoms with E-state index in [4.69, 9.17) is 0 Å². The predicted octanol–water partition coefficient (Wildman–Crippen LogP) is 4.83. The van der Waals surface area contributed by atoms with E-state index in [2.05, 4.69) is 56.8 Å². The summed E-state index contributed by atoms with van der Waals surface area (Å²) in [5, 5.41) is 6.65. The van der Waals surface area contributed by atoms with E-state index in [0.29, 0.717) is 5.95 Å². The Kier molecular flexibility index (Phi) is 5.01. The zero-order valence-electron chi connectivity index (χ0n) is 15.9. The van der Waals surface area contributed by atoms with Gasteiger partial charge in [-0.15, -0.1) is 0 Å². The minimum atomic E-state index is 0.558. The molecule has 0 unspecified atom stereocenters. The van der Waals surface area contributed by atoms with Crippen LogP contribution in [0.25, 0.3) is 0 Å². The van der Waals surface area contributed by atoms with Crippen LogP contribution in [0.3, 0.4) is 0 Å². The molecule has 4 aromatic rings. The molecule has 0 saturated heterocycles. The van der Waals surface area contributed by atoms with E-state index < -0.39 is 0 Å². The van der Waals surface area contributed by atoms with Crippen LogP contribution in [0.4, 0.5) is 23.1 Å². The van der Waals surface area contributed by atoms with Crippen LogP contribution in [0.1, 0.15) is 16.7 Å². The van der Waals surface area contributed by atoms with Gasteiger partial charge in [0.25, 0.3) is 0 Å². The molecular formula is C22H22N6. The summed E-state index contributed by atoms with van der Waals surface area (Å²) in [6.45, 7) is 4.86. The molecule has 6 heteroatoms. The van der Waals surface area contributed by atoms with E-state index in [0.717, 1.165) is 29.3 Å². The summed E-state index contributed by atoms with van der Waals surface area (Å²) in [6, 6.07) is 16.4. The molecule has 28 heavy (non-hydrogen) atoms. The van der Waals surface area contributed by atoms with Crippen LogP contribution >= 0.6 is 0 Å². The first-order valence-electron chi connectivity index (χ1n) is 9.15. The van der Waals surface area contributed by atoms with E-state index in [-0.39, 0.29) is 0 Å². The number of benzene rings is 2. The number of aryl methyl sites for hydroxylation is 2. The molecule has 0 atom stereocenters. The zero-order chi connectivity index (χ0) is 19.3. The molecule has 0 aliphatic carbocycles. The average Bonchev–Trinajstić information content (AvgIpc) is 3.19. The van der Waals surface area contributed by atoms with E-state index >= 15 is 0 Å². The summed E-state index contributed by atoms with van der Waals surface area (Å²) in [6.07, 6.45) is 7.37. The fourth-order valence-corrected chi connectivity index (χ4v) is 2.90. The zero-order valence-corrected chi connectivity index (χ0v) is 15.9. The highest BCUT2D eigenvalue weighted by atomic mass is 15.1. The summed E-state index contributed by atoms with van der Waals surface area (Å²) >= 11 is 0. The summed E-state index contributed by atoms with van der Waals surface area (Å²) in [4.78, 5) is 13.1. The van der Waals surface area contributed by atoms with Crippen LogP contribution in [0.5, 0.6) is 0 Å². The number of aromatic nitrogens is 4. The molecule has 2 aromatic carbocycles. The molecule has 0 amide bonds. The fourth-order valence-electron chi connectivity index (χ4n) is 2.90. The molecule has 0 bridgehead atoms. The van der Waals surface area contributed by atoms with Crippen molar-refractivity contribution < 1.29 is 0 Å². The van der Waals surface area contributed by atoms with Gasteiger partial charge in [0.2, 0.25) is 5.95 Å². The van der Waals surface area contributed by atoms with Crippen LogP contribution in [0, 0.1) is 13.8 Å². The molecule has 4 rings (SSSR count). The Hall–Kier alpha value is -3.67. The lowest BCUT2D eigenvalue weighted by molar-refractivity contribution is 0.797. The van der Waals surface area contributed by atoms with Crippen molar-refractivity contribution in [1.29, 1.82) is 0 Å². The first-order valence-corrected chi connectivity index (χ1v) is 9.15. The van der Waals surface area contributed by atoms with Gasteiger partial charge in [-0.1, -0.05) is 24.3 Å². The van der Waals surface area contributed by atoms with Crippen molar-refractivity contribution in [2.45, 2.75) is 20.4 Å². The maximum Gasteiger partial charge on any atom is 0.229 e. The molecule has 2 N–H and O–H groups in total. The second-order valence-corrected chi connectivity index (χ2v) is 6.78. The van der Waals surface area contributed by atoms with Gasteiger partial charge in [-0.05, 0) is 49.2 Å². The van der Waals surface area contributed by atoms with Gasteiger partial charge in [0, 0.05) is 42.1 Å². The topological polar surface area (TPSA) is 67.7 Å². The van der Waals surface area contributed by atoms with Crippen LogP contribution in [-0.4, -0.2) is 19.5 Å².